The standard InChI is InChI=1S/C21H22N2O5/c1-12-5-4-6-17(13(12)2)23-11-14(9-19(23)24)20(25)22-15-7-8-16(21(26)27)18(10-15)28-3/h4-8,10,14H,9,11H2,1-3H3,(H,22,25)(H,26,27). The molecule has 1 unspecified atom stereocenters. The number of aryl methyl sites for hydroxylation is 1. The smallest absolute Gasteiger partial charge is 0.339 e. The number of anilines is 2. The molecular formula is C21H22N2O5. The minimum absolute atomic E-state index is 0.0117. The zero-order valence-electron chi connectivity index (χ0n) is 16.0. The van der Waals surface area contributed by atoms with E-state index < -0.39 is 11.9 Å². The molecule has 0 saturated carbocycles. The molecule has 1 atom stereocenters. The molecule has 2 aromatic carbocycles. The number of amides is 2. The number of aromatic carboxylic acids is 1. The normalized spacial score (nSPS) is 16.2. The number of carboxylic acids is 1. The summed E-state index contributed by atoms with van der Waals surface area (Å²) in [4.78, 5) is 38.0. The van der Waals surface area contributed by atoms with Crippen LogP contribution >= 0.6 is 0 Å². The number of carbonyl (C=O) groups is 3. The number of carboxylic acid groups (broad SMARTS) is 1. The molecule has 2 amide bonds. The van der Waals surface area contributed by atoms with Gasteiger partial charge in [-0.25, -0.2) is 4.79 Å². The molecule has 1 saturated heterocycles. The highest BCUT2D eigenvalue weighted by Crippen LogP contribution is 2.30. The van der Waals surface area contributed by atoms with E-state index in [-0.39, 0.29) is 29.5 Å². The zero-order valence-corrected chi connectivity index (χ0v) is 16.0. The van der Waals surface area contributed by atoms with Gasteiger partial charge < -0.3 is 20.1 Å². The number of rotatable bonds is 5. The summed E-state index contributed by atoms with van der Waals surface area (Å²) in [5.41, 5.74) is 3.37. The lowest BCUT2D eigenvalue weighted by atomic mass is 10.1. The van der Waals surface area contributed by atoms with Crippen LogP contribution in [0.5, 0.6) is 5.75 Å². The first-order valence-corrected chi connectivity index (χ1v) is 8.90. The van der Waals surface area contributed by atoms with Crippen molar-refractivity contribution in [3.8, 4) is 5.75 Å². The molecule has 2 aromatic rings. The largest absolute Gasteiger partial charge is 0.496 e. The topological polar surface area (TPSA) is 95.9 Å². The van der Waals surface area contributed by atoms with Crippen molar-refractivity contribution in [2.45, 2.75) is 20.3 Å². The van der Waals surface area contributed by atoms with Gasteiger partial charge in [-0.1, -0.05) is 12.1 Å². The van der Waals surface area contributed by atoms with Crippen LogP contribution in [-0.2, 0) is 9.59 Å². The summed E-state index contributed by atoms with van der Waals surface area (Å²) < 4.78 is 5.08. The van der Waals surface area contributed by atoms with Gasteiger partial charge in [-0.2, -0.15) is 0 Å². The molecule has 0 radical (unpaired) electrons. The van der Waals surface area contributed by atoms with Gasteiger partial charge in [-0.15, -0.1) is 0 Å². The molecule has 0 bridgehead atoms. The van der Waals surface area contributed by atoms with Crippen molar-refractivity contribution in [2.75, 3.05) is 23.9 Å². The number of hydrogen-bond donors (Lipinski definition) is 2. The molecule has 3 rings (SSSR count). The monoisotopic (exact) mass is 382 g/mol. The van der Waals surface area contributed by atoms with Crippen molar-refractivity contribution < 1.29 is 24.2 Å². The molecule has 1 heterocycles. The fourth-order valence-corrected chi connectivity index (χ4v) is 3.33. The molecule has 146 valence electrons. The van der Waals surface area contributed by atoms with Gasteiger partial charge in [0.05, 0.1) is 13.0 Å². The molecule has 7 heteroatoms. The molecule has 1 fully saturated rings. The number of methoxy groups -OCH3 is 1. The van der Waals surface area contributed by atoms with Crippen LogP contribution in [0.1, 0.15) is 27.9 Å². The van der Waals surface area contributed by atoms with Crippen LogP contribution < -0.4 is 15.0 Å². The Morgan fingerprint density at radius 2 is 1.96 bits per heavy atom. The fraction of sp³-hybridized carbons (Fsp3) is 0.286. The van der Waals surface area contributed by atoms with E-state index in [1.165, 1.54) is 25.3 Å². The van der Waals surface area contributed by atoms with Gasteiger partial charge in [-0.3, -0.25) is 9.59 Å². The van der Waals surface area contributed by atoms with Gasteiger partial charge in [0.2, 0.25) is 11.8 Å². The van der Waals surface area contributed by atoms with Gasteiger partial charge in [0.15, 0.2) is 0 Å². The fourth-order valence-electron chi connectivity index (χ4n) is 3.33. The Bertz CT molecular complexity index is 954. The minimum atomic E-state index is -1.11. The molecule has 0 spiro atoms. The molecule has 0 aliphatic carbocycles. The highest BCUT2D eigenvalue weighted by molar-refractivity contribution is 6.04. The lowest BCUT2D eigenvalue weighted by molar-refractivity contribution is -0.122. The molecule has 1 aliphatic rings. The zero-order chi connectivity index (χ0) is 20.4. The summed E-state index contributed by atoms with van der Waals surface area (Å²) in [6.45, 7) is 4.25. The molecule has 2 N–H and O–H groups in total. The second-order valence-electron chi connectivity index (χ2n) is 6.83. The summed E-state index contributed by atoms with van der Waals surface area (Å²) in [6.07, 6.45) is 0.129. The van der Waals surface area contributed by atoms with Crippen LogP contribution in [0.2, 0.25) is 0 Å². The van der Waals surface area contributed by atoms with Crippen molar-refractivity contribution >= 4 is 29.2 Å². The highest BCUT2D eigenvalue weighted by atomic mass is 16.5. The van der Waals surface area contributed by atoms with Gasteiger partial charge >= 0.3 is 5.97 Å². The maximum atomic E-state index is 12.7. The van der Waals surface area contributed by atoms with Crippen molar-refractivity contribution in [1.29, 1.82) is 0 Å². The van der Waals surface area contributed by atoms with E-state index in [2.05, 4.69) is 5.32 Å². The third-order valence-electron chi connectivity index (χ3n) is 5.06. The number of nitrogens with one attached hydrogen (secondary N) is 1. The van der Waals surface area contributed by atoms with Crippen molar-refractivity contribution in [2.24, 2.45) is 5.92 Å². The van der Waals surface area contributed by atoms with Gasteiger partial charge in [0.25, 0.3) is 0 Å². The van der Waals surface area contributed by atoms with Crippen molar-refractivity contribution in [1.82, 2.24) is 0 Å². The molecule has 28 heavy (non-hydrogen) atoms. The third-order valence-corrected chi connectivity index (χ3v) is 5.06. The van der Waals surface area contributed by atoms with E-state index >= 15 is 0 Å². The Morgan fingerprint density at radius 3 is 2.64 bits per heavy atom. The van der Waals surface area contributed by atoms with Gasteiger partial charge in [0.1, 0.15) is 11.3 Å². The minimum Gasteiger partial charge on any atom is -0.496 e. The van der Waals surface area contributed by atoms with E-state index in [0.717, 1.165) is 16.8 Å². The van der Waals surface area contributed by atoms with E-state index in [1.807, 2.05) is 32.0 Å². The lowest BCUT2D eigenvalue weighted by Crippen LogP contribution is -2.28. The van der Waals surface area contributed by atoms with Crippen molar-refractivity contribution in [3.05, 3.63) is 53.1 Å². The average molecular weight is 382 g/mol. The van der Waals surface area contributed by atoms with Gasteiger partial charge in [0, 0.05) is 30.4 Å². The first-order valence-electron chi connectivity index (χ1n) is 8.90. The lowest BCUT2D eigenvalue weighted by Gasteiger charge is -2.20. The van der Waals surface area contributed by atoms with Gasteiger partial charge in [-0.05, 0) is 43.2 Å². The van der Waals surface area contributed by atoms with Crippen LogP contribution in [0.4, 0.5) is 11.4 Å². The van der Waals surface area contributed by atoms with E-state index in [1.54, 1.807) is 4.90 Å². The summed E-state index contributed by atoms with van der Waals surface area (Å²) in [5, 5.41) is 11.9. The molecule has 0 aromatic heterocycles. The quantitative estimate of drug-likeness (QED) is 0.829. The number of hydrogen-bond acceptors (Lipinski definition) is 4. The summed E-state index contributed by atoms with van der Waals surface area (Å²) >= 11 is 0. The van der Waals surface area contributed by atoms with E-state index in [9.17, 15) is 14.4 Å². The molecule has 1 aliphatic heterocycles. The van der Waals surface area contributed by atoms with Crippen LogP contribution in [0.25, 0.3) is 0 Å². The third kappa shape index (κ3) is 3.69. The Morgan fingerprint density at radius 1 is 1.21 bits per heavy atom. The summed E-state index contributed by atoms with van der Waals surface area (Å²) in [6, 6.07) is 10.1. The number of benzene rings is 2. The first kappa shape index (κ1) is 19.4. The SMILES string of the molecule is COc1cc(NC(=O)C2CC(=O)N(c3cccc(C)c3C)C2)ccc1C(=O)O. The summed E-state index contributed by atoms with van der Waals surface area (Å²) in [5.74, 6) is -1.82. The average Bonchev–Trinajstić information content (AvgIpc) is 3.05. The summed E-state index contributed by atoms with van der Waals surface area (Å²) in [7, 11) is 1.37. The first-order chi connectivity index (χ1) is 13.3. The Kier molecular flexibility index (Phi) is 5.35. The predicted molar refractivity (Wildman–Crippen MR) is 105 cm³/mol. The van der Waals surface area contributed by atoms with Crippen LogP contribution in [0.15, 0.2) is 36.4 Å². The Hall–Kier alpha value is -3.35. The van der Waals surface area contributed by atoms with E-state index in [0.29, 0.717) is 12.2 Å². The van der Waals surface area contributed by atoms with Crippen LogP contribution in [0.3, 0.4) is 0 Å². The molecule has 7 nitrogen and oxygen atoms in total. The maximum Gasteiger partial charge on any atom is 0.339 e. The highest BCUT2D eigenvalue weighted by Gasteiger charge is 2.35. The Labute approximate surface area is 162 Å². The second kappa shape index (κ2) is 7.72. The number of ether oxygens (including phenoxy) is 1. The van der Waals surface area contributed by atoms with Crippen LogP contribution in [0, 0.1) is 19.8 Å². The Balaban J connectivity index is 1.75. The maximum absolute atomic E-state index is 12.7. The van der Waals surface area contributed by atoms with Crippen LogP contribution in [-0.4, -0.2) is 36.5 Å². The second-order valence-corrected chi connectivity index (χ2v) is 6.83. The number of nitrogens with zero attached hydrogens (tertiary/aromatic N) is 1. The van der Waals surface area contributed by atoms with Crippen molar-refractivity contribution in [3.63, 3.8) is 0 Å². The van der Waals surface area contributed by atoms with E-state index in [4.69, 9.17) is 9.84 Å². The molecular weight excluding hydrogens is 360 g/mol. The number of carbonyl (C=O) groups excluding carboxylic acids is 2. The predicted octanol–water partition coefficient (Wildman–Crippen LogP) is 3.00.